The largest absolute Gasteiger partial charge is 0.491 e. The summed E-state index contributed by atoms with van der Waals surface area (Å²) in [7, 11) is 0. The van der Waals surface area contributed by atoms with E-state index in [9.17, 15) is 4.79 Å². The fraction of sp³-hybridized carbons (Fsp3) is 0.278. The average molecular weight is 357 g/mol. The first kappa shape index (κ1) is 17.2. The lowest BCUT2D eigenvalue weighted by Crippen LogP contribution is -2.12. The molecule has 1 N–H and O–H groups in total. The molecule has 0 atom stereocenters. The highest BCUT2D eigenvalue weighted by molar-refractivity contribution is 7.13. The van der Waals surface area contributed by atoms with E-state index in [0.29, 0.717) is 18.1 Å². The number of carbonyl (C=O) groups is 1. The van der Waals surface area contributed by atoms with E-state index >= 15 is 0 Å². The van der Waals surface area contributed by atoms with Gasteiger partial charge < -0.3 is 14.6 Å². The smallest absolute Gasteiger partial charge is 0.227 e. The van der Waals surface area contributed by atoms with Gasteiger partial charge in [0.2, 0.25) is 17.6 Å². The van der Waals surface area contributed by atoms with E-state index in [2.05, 4.69) is 15.5 Å². The van der Waals surface area contributed by atoms with Crippen LogP contribution in [0.5, 0.6) is 5.75 Å². The Balaban J connectivity index is 1.49. The van der Waals surface area contributed by atoms with Gasteiger partial charge in [-0.15, -0.1) is 11.3 Å². The molecule has 7 heteroatoms. The van der Waals surface area contributed by atoms with E-state index in [0.717, 1.165) is 16.3 Å². The molecule has 3 aromatic rings. The highest BCUT2D eigenvalue weighted by atomic mass is 32.1. The van der Waals surface area contributed by atoms with Crippen LogP contribution in [0.3, 0.4) is 0 Å². The summed E-state index contributed by atoms with van der Waals surface area (Å²) in [5, 5.41) is 8.73. The Morgan fingerprint density at radius 1 is 1.28 bits per heavy atom. The summed E-state index contributed by atoms with van der Waals surface area (Å²) in [6, 6.07) is 11.2. The van der Waals surface area contributed by atoms with Crippen molar-refractivity contribution in [2.45, 2.75) is 32.8 Å². The van der Waals surface area contributed by atoms with Gasteiger partial charge in [-0.05, 0) is 49.6 Å². The molecule has 0 spiro atoms. The third kappa shape index (κ3) is 4.90. The van der Waals surface area contributed by atoms with Crippen molar-refractivity contribution in [2.75, 3.05) is 5.32 Å². The van der Waals surface area contributed by atoms with Crippen molar-refractivity contribution in [3.8, 4) is 16.5 Å². The minimum absolute atomic E-state index is 0.103. The maximum absolute atomic E-state index is 12.1. The third-order valence-electron chi connectivity index (χ3n) is 3.29. The predicted molar refractivity (Wildman–Crippen MR) is 96.8 cm³/mol. The standard InChI is InChI=1S/C18H19N3O3S/c1-12(2)23-14-7-5-13(6-8-14)19-16(22)9-10-17-20-18(21-24-17)15-4-3-11-25-15/h3-8,11-12H,9-10H2,1-2H3,(H,19,22). The topological polar surface area (TPSA) is 77.2 Å². The van der Waals surface area contributed by atoms with Gasteiger partial charge in [0, 0.05) is 18.5 Å². The van der Waals surface area contributed by atoms with E-state index in [4.69, 9.17) is 9.26 Å². The van der Waals surface area contributed by atoms with Crippen LogP contribution in [0.2, 0.25) is 0 Å². The van der Waals surface area contributed by atoms with Gasteiger partial charge in [0.05, 0.1) is 11.0 Å². The van der Waals surface area contributed by atoms with Crippen LogP contribution >= 0.6 is 11.3 Å². The Labute approximate surface area is 149 Å². The van der Waals surface area contributed by atoms with Crippen LogP contribution < -0.4 is 10.1 Å². The van der Waals surface area contributed by atoms with Crippen molar-refractivity contribution in [2.24, 2.45) is 0 Å². The van der Waals surface area contributed by atoms with Crippen molar-refractivity contribution in [3.63, 3.8) is 0 Å². The molecule has 130 valence electrons. The first-order valence-electron chi connectivity index (χ1n) is 8.03. The number of aryl methyl sites for hydroxylation is 1. The van der Waals surface area contributed by atoms with Crippen molar-refractivity contribution in [3.05, 3.63) is 47.7 Å². The third-order valence-corrected chi connectivity index (χ3v) is 4.15. The Morgan fingerprint density at radius 2 is 2.08 bits per heavy atom. The summed E-state index contributed by atoms with van der Waals surface area (Å²) in [6.45, 7) is 3.94. The lowest BCUT2D eigenvalue weighted by molar-refractivity contribution is -0.116. The van der Waals surface area contributed by atoms with Crippen LogP contribution in [0, 0.1) is 0 Å². The number of benzene rings is 1. The molecule has 2 aromatic heterocycles. The van der Waals surface area contributed by atoms with Crippen molar-refractivity contribution < 1.29 is 14.1 Å². The predicted octanol–water partition coefficient (Wildman–Crippen LogP) is 4.16. The zero-order valence-electron chi connectivity index (χ0n) is 14.1. The zero-order chi connectivity index (χ0) is 17.6. The van der Waals surface area contributed by atoms with Gasteiger partial charge in [-0.2, -0.15) is 4.98 Å². The molecule has 0 fully saturated rings. The van der Waals surface area contributed by atoms with Crippen LogP contribution in [0.15, 0.2) is 46.3 Å². The van der Waals surface area contributed by atoms with E-state index in [1.165, 1.54) is 0 Å². The molecule has 0 saturated carbocycles. The Kier molecular flexibility index (Phi) is 5.45. The maximum Gasteiger partial charge on any atom is 0.227 e. The van der Waals surface area contributed by atoms with Crippen molar-refractivity contribution in [1.82, 2.24) is 10.1 Å². The number of anilines is 1. The monoisotopic (exact) mass is 357 g/mol. The number of aromatic nitrogens is 2. The number of thiophene rings is 1. The van der Waals surface area contributed by atoms with Gasteiger partial charge in [-0.25, -0.2) is 0 Å². The first-order chi connectivity index (χ1) is 12.1. The molecule has 0 aliphatic rings. The van der Waals surface area contributed by atoms with Gasteiger partial charge in [0.1, 0.15) is 5.75 Å². The minimum Gasteiger partial charge on any atom is -0.491 e. The Hall–Kier alpha value is -2.67. The molecule has 1 amide bonds. The summed E-state index contributed by atoms with van der Waals surface area (Å²) < 4.78 is 10.8. The highest BCUT2D eigenvalue weighted by Crippen LogP contribution is 2.21. The molecule has 3 rings (SSSR count). The number of hydrogen-bond acceptors (Lipinski definition) is 6. The van der Waals surface area contributed by atoms with Gasteiger partial charge in [0.25, 0.3) is 0 Å². The number of rotatable bonds is 7. The van der Waals surface area contributed by atoms with Crippen LogP contribution in [0.4, 0.5) is 5.69 Å². The molecule has 0 aliphatic carbocycles. The van der Waals surface area contributed by atoms with Gasteiger partial charge in [-0.1, -0.05) is 11.2 Å². The van der Waals surface area contributed by atoms with Crippen molar-refractivity contribution in [1.29, 1.82) is 0 Å². The number of ether oxygens (including phenoxy) is 1. The summed E-state index contributed by atoms with van der Waals surface area (Å²) in [6.07, 6.45) is 0.795. The fourth-order valence-electron chi connectivity index (χ4n) is 2.20. The first-order valence-corrected chi connectivity index (χ1v) is 8.91. The van der Waals surface area contributed by atoms with Crippen LogP contribution in [-0.2, 0) is 11.2 Å². The number of amides is 1. The molecule has 25 heavy (non-hydrogen) atoms. The second-order valence-corrected chi connectivity index (χ2v) is 6.68. The molecule has 0 saturated heterocycles. The van der Waals surface area contributed by atoms with E-state index in [-0.39, 0.29) is 18.4 Å². The van der Waals surface area contributed by atoms with Crippen LogP contribution in [0.25, 0.3) is 10.7 Å². The molecule has 0 unspecified atom stereocenters. The molecule has 0 bridgehead atoms. The van der Waals surface area contributed by atoms with Gasteiger partial charge in [0.15, 0.2) is 0 Å². The number of nitrogens with one attached hydrogen (secondary N) is 1. The summed E-state index contributed by atoms with van der Waals surface area (Å²) >= 11 is 1.55. The van der Waals surface area contributed by atoms with Gasteiger partial charge >= 0.3 is 0 Å². The molecule has 0 aliphatic heterocycles. The number of nitrogens with zero attached hydrogens (tertiary/aromatic N) is 2. The second-order valence-electron chi connectivity index (χ2n) is 5.73. The summed E-state index contributed by atoms with van der Waals surface area (Å²) in [5.74, 6) is 1.69. The normalized spacial score (nSPS) is 10.8. The lowest BCUT2D eigenvalue weighted by atomic mass is 10.2. The van der Waals surface area contributed by atoms with E-state index < -0.39 is 0 Å². The zero-order valence-corrected chi connectivity index (χ0v) is 14.9. The van der Waals surface area contributed by atoms with Crippen LogP contribution in [0.1, 0.15) is 26.2 Å². The highest BCUT2D eigenvalue weighted by Gasteiger charge is 2.11. The van der Waals surface area contributed by atoms with E-state index in [1.807, 2.05) is 55.6 Å². The van der Waals surface area contributed by atoms with Crippen LogP contribution in [-0.4, -0.2) is 22.2 Å². The Bertz CT molecular complexity index is 810. The summed E-state index contributed by atoms with van der Waals surface area (Å²) in [5.41, 5.74) is 0.728. The average Bonchev–Trinajstić information content (AvgIpc) is 3.25. The van der Waals surface area contributed by atoms with E-state index in [1.54, 1.807) is 11.3 Å². The second kappa shape index (κ2) is 7.94. The maximum atomic E-state index is 12.1. The molecular weight excluding hydrogens is 338 g/mol. The molecular formula is C18H19N3O3S. The number of hydrogen-bond donors (Lipinski definition) is 1. The van der Waals surface area contributed by atoms with Crippen molar-refractivity contribution >= 4 is 22.9 Å². The fourth-order valence-corrected chi connectivity index (χ4v) is 2.84. The molecule has 2 heterocycles. The molecule has 1 aromatic carbocycles. The lowest BCUT2D eigenvalue weighted by Gasteiger charge is -2.10. The quantitative estimate of drug-likeness (QED) is 0.687. The molecule has 0 radical (unpaired) electrons. The Morgan fingerprint density at radius 3 is 2.76 bits per heavy atom. The minimum atomic E-state index is -0.103. The summed E-state index contributed by atoms with van der Waals surface area (Å²) in [4.78, 5) is 17.3. The van der Waals surface area contributed by atoms with Gasteiger partial charge in [-0.3, -0.25) is 4.79 Å². The number of carbonyl (C=O) groups excluding carboxylic acids is 1. The SMILES string of the molecule is CC(C)Oc1ccc(NC(=O)CCc2nc(-c3cccs3)no2)cc1. The molecule has 6 nitrogen and oxygen atoms in total.